The molecule has 0 amide bonds. The predicted molar refractivity (Wildman–Crippen MR) is 79.1 cm³/mol. The summed E-state index contributed by atoms with van der Waals surface area (Å²) in [6, 6.07) is 14.6. The zero-order valence-electron chi connectivity index (χ0n) is 12.0. The first-order valence-electron chi connectivity index (χ1n) is 6.83. The van der Waals surface area contributed by atoms with Gasteiger partial charge in [0.25, 0.3) is 6.43 Å². The summed E-state index contributed by atoms with van der Waals surface area (Å²) >= 11 is 0. The van der Waals surface area contributed by atoms with E-state index in [9.17, 15) is 8.78 Å². The fourth-order valence-electron chi connectivity index (χ4n) is 2.13. The third-order valence-corrected chi connectivity index (χ3v) is 3.19. The van der Waals surface area contributed by atoms with E-state index in [1.807, 2.05) is 18.2 Å². The van der Waals surface area contributed by atoms with Gasteiger partial charge in [0.2, 0.25) is 0 Å². The summed E-state index contributed by atoms with van der Waals surface area (Å²) in [4.78, 5) is 0. The first-order valence-corrected chi connectivity index (χ1v) is 6.83. The Morgan fingerprint density at radius 1 is 0.952 bits per heavy atom. The second-order valence-electron chi connectivity index (χ2n) is 4.90. The van der Waals surface area contributed by atoms with E-state index in [0.29, 0.717) is 13.2 Å². The number of methoxy groups -OCH3 is 1. The Labute approximate surface area is 123 Å². The molecule has 0 radical (unpaired) electrons. The monoisotopic (exact) mass is 291 g/mol. The minimum Gasteiger partial charge on any atom is -0.380 e. The van der Waals surface area contributed by atoms with Crippen molar-refractivity contribution in [2.45, 2.75) is 26.1 Å². The highest BCUT2D eigenvalue weighted by molar-refractivity contribution is 5.24. The molecule has 0 aliphatic rings. The van der Waals surface area contributed by atoms with Crippen molar-refractivity contribution >= 4 is 0 Å². The highest BCUT2D eigenvalue weighted by Crippen LogP contribution is 2.18. The summed E-state index contributed by atoms with van der Waals surface area (Å²) in [7, 11) is 1.67. The van der Waals surface area contributed by atoms with Gasteiger partial charge in [-0.2, -0.15) is 0 Å². The third kappa shape index (κ3) is 4.92. The van der Waals surface area contributed by atoms with Gasteiger partial charge in [-0.1, -0.05) is 48.5 Å². The number of hydrogen-bond acceptors (Lipinski definition) is 2. The molecular formula is C17H19F2NO. The van der Waals surface area contributed by atoms with Crippen LogP contribution in [0.3, 0.4) is 0 Å². The van der Waals surface area contributed by atoms with E-state index in [2.05, 4.69) is 11.4 Å². The van der Waals surface area contributed by atoms with E-state index < -0.39 is 6.43 Å². The van der Waals surface area contributed by atoms with Gasteiger partial charge >= 0.3 is 0 Å². The Bertz CT molecular complexity index is 555. The molecule has 0 aliphatic carbocycles. The van der Waals surface area contributed by atoms with E-state index in [1.54, 1.807) is 19.2 Å². The molecule has 0 saturated carbocycles. The Morgan fingerprint density at radius 2 is 1.62 bits per heavy atom. The molecule has 4 heteroatoms. The molecule has 0 atom stereocenters. The second kappa shape index (κ2) is 7.86. The van der Waals surface area contributed by atoms with Crippen LogP contribution in [0.15, 0.2) is 48.5 Å². The van der Waals surface area contributed by atoms with Crippen LogP contribution < -0.4 is 5.32 Å². The minimum absolute atomic E-state index is 0.0611. The van der Waals surface area contributed by atoms with Gasteiger partial charge in [-0.15, -0.1) is 0 Å². The number of hydrogen-bond donors (Lipinski definition) is 1. The predicted octanol–water partition coefficient (Wildman–Crippen LogP) is 4.06. The summed E-state index contributed by atoms with van der Waals surface area (Å²) in [6.45, 7) is 1.98. The molecule has 2 aromatic carbocycles. The molecule has 2 aromatic rings. The standard InChI is InChI=1S/C17H19F2NO/c1-21-12-15-4-2-3-14(9-15)11-20-10-13-5-7-16(8-6-13)17(18)19/h2-9,17,20H,10-12H2,1H3. The summed E-state index contributed by atoms with van der Waals surface area (Å²) < 4.78 is 30.0. The molecular weight excluding hydrogens is 272 g/mol. The van der Waals surface area contributed by atoms with Gasteiger partial charge in [0.1, 0.15) is 0 Å². The fourth-order valence-corrected chi connectivity index (χ4v) is 2.13. The van der Waals surface area contributed by atoms with E-state index in [1.165, 1.54) is 17.7 Å². The summed E-state index contributed by atoms with van der Waals surface area (Å²) in [5.41, 5.74) is 3.37. The highest BCUT2D eigenvalue weighted by Gasteiger charge is 2.05. The normalized spacial score (nSPS) is 11.0. The number of benzene rings is 2. The van der Waals surface area contributed by atoms with Gasteiger partial charge in [-0.3, -0.25) is 0 Å². The van der Waals surface area contributed by atoms with Gasteiger partial charge < -0.3 is 10.1 Å². The van der Waals surface area contributed by atoms with E-state index in [4.69, 9.17) is 4.74 Å². The lowest BCUT2D eigenvalue weighted by atomic mass is 10.1. The van der Waals surface area contributed by atoms with Crippen LogP contribution in [0.1, 0.15) is 28.7 Å². The average molecular weight is 291 g/mol. The average Bonchev–Trinajstić information content (AvgIpc) is 2.48. The van der Waals surface area contributed by atoms with Gasteiger partial charge in [0, 0.05) is 25.8 Å². The molecule has 0 aliphatic heterocycles. The van der Waals surface area contributed by atoms with E-state index >= 15 is 0 Å². The maximum absolute atomic E-state index is 12.4. The van der Waals surface area contributed by atoms with Gasteiger partial charge in [-0.25, -0.2) is 8.78 Å². The van der Waals surface area contributed by atoms with Crippen molar-refractivity contribution < 1.29 is 13.5 Å². The molecule has 1 N–H and O–H groups in total. The smallest absolute Gasteiger partial charge is 0.263 e. The van der Waals surface area contributed by atoms with Crippen LogP contribution in [-0.2, 0) is 24.4 Å². The molecule has 2 rings (SSSR count). The van der Waals surface area contributed by atoms with Crippen LogP contribution >= 0.6 is 0 Å². The number of rotatable bonds is 7. The van der Waals surface area contributed by atoms with Crippen molar-refractivity contribution in [2.24, 2.45) is 0 Å². The number of ether oxygens (including phenoxy) is 1. The van der Waals surface area contributed by atoms with Gasteiger partial charge in [0.05, 0.1) is 6.61 Å². The van der Waals surface area contributed by atoms with Crippen LogP contribution in [0.5, 0.6) is 0 Å². The number of halogens is 2. The number of alkyl halides is 2. The third-order valence-electron chi connectivity index (χ3n) is 3.19. The maximum Gasteiger partial charge on any atom is 0.263 e. The number of nitrogens with one attached hydrogen (secondary N) is 1. The molecule has 0 unspecified atom stereocenters. The Balaban J connectivity index is 1.85. The topological polar surface area (TPSA) is 21.3 Å². The van der Waals surface area contributed by atoms with Crippen molar-refractivity contribution in [3.63, 3.8) is 0 Å². The molecule has 0 heterocycles. The Hall–Kier alpha value is -1.78. The fraction of sp³-hybridized carbons (Fsp3) is 0.294. The first kappa shape index (κ1) is 15.6. The lowest BCUT2D eigenvalue weighted by Crippen LogP contribution is -2.12. The van der Waals surface area contributed by atoms with Crippen LogP contribution in [0.25, 0.3) is 0 Å². The van der Waals surface area contributed by atoms with Crippen molar-refractivity contribution in [1.29, 1.82) is 0 Å². The molecule has 21 heavy (non-hydrogen) atoms. The lowest BCUT2D eigenvalue weighted by molar-refractivity contribution is 0.151. The molecule has 112 valence electrons. The van der Waals surface area contributed by atoms with Crippen LogP contribution in [-0.4, -0.2) is 7.11 Å². The second-order valence-corrected chi connectivity index (χ2v) is 4.90. The van der Waals surface area contributed by atoms with Crippen LogP contribution in [0.4, 0.5) is 8.78 Å². The van der Waals surface area contributed by atoms with Crippen molar-refractivity contribution in [1.82, 2.24) is 5.32 Å². The van der Waals surface area contributed by atoms with Crippen molar-refractivity contribution in [3.8, 4) is 0 Å². The Morgan fingerprint density at radius 3 is 2.29 bits per heavy atom. The lowest BCUT2D eigenvalue weighted by Gasteiger charge is -2.08. The van der Waals surface area contributed by atoms with Crippen molar-refractivity contribution in [3.05, 3.63) is 70.8 Å². The molecule has 0 spiro atoms. The van der Waals surface area contributed by atoms with E-state index in [-0.39, 0.29) is 5.56 Å². The van der Waals surface area contributed by atoms with Crippen LogP contribution in [0.2, 0.25) is 0 Å². The highest BCUT2D eigenvalue weighted by atomic mass is 19.3. The van der Waals surface area contributed by atoms with Gasteiger partial charge in [-0.05, 0) is 16.7 Å². The summed E-state index contributed by atoms with van der Waals surface area (Å²) in [6.07, 6.45) is -2.41. The minimum atomic E-state index is -2.41. The first-order chi connectivity index (χ1) is 10.2. The van der Waals surface area contributed by atoms with Gasteiger partial charge in [0.15, 0.2) is 0 Å². The molecule has 0 bridgehead atoms. The quantitative estimate of drug-likeness (QED) is 0.830. The molecule has 0 aromatic heterocycles. The SMILES string of the molecule is COCc1cccc(CNCc2ccc(C(F)F)cc2)c1. The summed E-state index contributed by atoms with van der Waals surface area (Å²) in [5.74, 6) is 0. The van der Waals surface area contributed by atoms with E-state index in [0.717, 1.165) is 17.7 Å². The molecule has 2 nitrogen and oxygen atoms in total. The largest absolute Gasteiger partial charge is 0.380 e. The molecule has 0 saturated heterocycles. The van der Waals surface area contributed by atoms with Crippen LogP contribution in [0, 0.1) is 0 Å². The zero-order valence-corrected chi connectivity index (χ0v) is 12.0. The summed E-state index contributed by atoms with van der Waals surface area (Å²) in [5, 5.41) is 3.31. The van der Waals surface area contributed by atoms with Crippen molar-refractivity contribution in [2.75, 3.05) is 7.11 Å². The zero-order chi connectivity index (χ0) is 15.1. The Kier molecular flexibility index (Phi) is 5.84. The molecule has 0 fully saturated rings. The maximum atomic E-state index is 12.4.